The molecule has 21 heavy (non-hydrogen) atoms. The van der Waals surface area contributed by atoms with Crippen molar-refractivity contribution >= 4 is 17.2 Å². The summed E-state index contributed by atoms with van der Waals surface area (Å²) in [4.78, 5) is 13.2. The Bertz CT molecular complexity index is 729. The summed E-state index contributed by atoms with van der Waals surface area (Å²) in [6, 6.07) is 13.4. The van der Waals surface area contributed by atoms with Gasteiger partial charge in [-0.05, 0) is 48.7 Å². The van der Waals surface area contributed by atoms with Gasteiger partial charge in [0.25, 0.3) is 5.91 Å². The molecule has 3 aromatic rings. The van der Waals surface area contributed by atoms with Gasteiger partial charge in [0.05, 0.1) is 12.2 Å². The van der Waals surface area contributed by atoms with E-state index in [0.29, 0.717) is 12.1 Å². The summed E-state index contributed by atoms with van der Waals surface area (Å²) < 4.78 is 1.84. The Morgan fingerprint density at radius 3 is 2.67 bits per heavy atom. The molecule has 3 rings (SSSR count). The molecule has 5 heteroatoms. The summed E-state index contributed by atoms with van der Waals surface area (Å²) in [5, 5.41) is 9.17. The molecule has 0 saturated heterocycles. The van der Waals surface area contributed by atoms with Crippen LogP contribution < -0.4 is 5.32 Å². The van der Waals surface area contributed by atoms with Gasteiger partial charge in [0.1, 0.15) is 0 Å². The number of aromatic nitrogens is 2. The molecular formula is C16H15N3OS. The number of amides is 1. The van der Waals surface area contributed by atoms with Crippen molar-refractivity contribution in [3.63, 3.8) is 0 Å². The number of benzene rings is 1. The number of hydrogen-bond acceptors (Lipinski definition) is 3. The van der Waals surface area contributed by atoms with E-state index < -0.39 is 0 Å². The maximum absolute atomic E-state index is 12.1. The molecule has 2 aromatic heterocycles. The minimum Gasteiger partial charge on any atom is -0.347 e. The van der Waals surface area contributed by atoms with E-state index in [4.69, 9.17) is 0 Å². The van der Waals surface area contributed by atoms with Crippen molar-refractivity contribution in [2.75, 3.05) is 0 Å². The zero-order chi connectivity index (χ0) is 14.7. The average molecular weight is 297 g/mol. The highest BCUT2D eigenvalue weighted by atomic mass is 32.1. The number of nitrogens with zero attached hydrogens (tertiary/aromatic N) is 2. The number of thiophene rings is 1. The molecule has 0 aliphatic carbocycles. The van der Waals surface area contributed by atoms with Gasteiger partial charge in [-0.25, -0.2) is 4.68 Å². The van der Waals surface area contributed by atoms with Crippen LogP contribution in [0.4, 0.5) is 0 Å². The predicted octanol–water partition coefficient (Wildman–Crippen LogP) is 3.17. The summed E-state index contributed by atoms with van der Waals surface area (Å²) in [5.74, 6) is -0.0628. The largest absolute Gasteiger partial charge is 0.347 e. The highest BCUT2D eigenvalue weighted by Gasteiger charge is 2.07. The molecule has 1 aromatic carbocycles. The minimum atomic E-state index is -0.0628. The van der Waals surface area contributed by atoms with Gasteiger partial charge in [-0.15, -0.1) is 11.3 Å². The number of nitrogens with one attached hydrogen (secondary N) is 1. The van der Waals surface area contributed by atoms with E-state index in [2.05, 4.69) is 10.4 Å². The van der Waals surface area contributed by atoms with E-state index >= 15 is 0 Å². The number of rotatable bonds is 4. The normalized spacial score (nSPS) is 10.5. The van der Waals surface area contributed by atoms with Gasteiger partial charge in [0, 0.05) is 22.3 Å². The third-order valence-electron chi connectivity index (χ3n) is 3.21. The molecule has 0 spiro atoms. The Hall–Kier alpha value is -2.40. The van der Waals surface area contributed by atoms with Crippen LogP contribution in [0.15, 0.2) is 54.0 Å². The van der Waals surface area contributed by atoms with E-state index in [1.165, 1.54) is 0 Å². The third kappa shape index (κ3) is 3.03. The minimum absolute atomic E-state index is 0.0628. The zero-order valence-corrected chi connectivity index (χ0v) is 12.4. The van der Waals surface area contributed by atoms with E-state index in [0.717, 1.165) is 16.3 Å². The van der Waals surface area contributed by atoms with Crippen LogP contribution in [0.5, 0.6) is 0 Å². The van der Waals surface area contributed by atoms with Crippen molar-refractivity contribution < 1.29 is 4.79 Å². The second kappa shape index (κ2) is 5.93. The molecule has 2 heterocycles. The van der Waals surface area contributed by atoms with Crippen molar-refractivity contribution in [1.82, 2.24) is 15.1 Å². The monoisotopic (exact) mass is 297 g/mol. The highest BCUT2D eigenvalue weighted by Crippen LogP contribution is 2.12. The molecule has 0 aliphatic rings. The van der Waals surface area contributed by atoms with Crippen LogP contribution in [0, 0.1) is 6.92 Å². The second-order valence-electron chi connectivity index (χ2n) is 4.69. The Kier molecular flexibility index (Phi) is 3.83. The van der Waals surface area contributed by atoms with E-state index in [1.807, 2.05) is 59.5 Å². The summed E-state index contributed by atoms with van der Waals surface area (Å²) >= 11 is 1.64. The smallest absolute Gasteiger partial charge is 0.251 e. The van der Waals surface area contributed by atoms with E-state index in [-0.39, 0.29) is 5.91 Å². The van der Waals surface area contributed by atoms with Crippen LogP contribution in [0.25, 0.3) is 5.69 Å². The first-order valence-corrected chi connectivity index (χ1v) is 7.53. The Balaban J connectivity index is 1.69. The fourth-order valence-corrected chi connectivity index (χ4v) is 2.72. The predicted molar refractivity (Wildman–Crippen MR) is 83.8 cm³/mol. The van der Waals surface area contributed by atoms with Crippen molar-refractivity contribution in [2.45, 2.75) is 13.5 Å². The van der Waals surface area contributed by atoms with E-state index in [9.17, 15) is 4.79 Å². The molecule has 1 N–H and O–H groups in total. The van der Waals surface area contributed by atoms with Gasteiger partial charge in [0.2, 0.25) is 0 Å². The average Bonchev–Trinajstić information content (AvgIpc) is 3.16. The number of hydrogen-bond donors (Lipinski definition) is 1. The number of carbonyl (C=O) groups is 1. The van der Waals surface area contributed by atoms with E-state index in [1.54, 1.807) is 17.5 Å². The van der Waals surface area contributed by atoms with Gasteiger partial charge >= 0.3 is 0 Å². The highest BCUT2D eigenvalue weighted by molar-refractivity contribution is 7.09. The summed E-state index contributed by atoms with van der Waals surface area (Å²) in [6.07, 6.45) is 1.76. The Morgan fingerprint density at radius 2 is 2.05 bits per heavy atom. The van der Waals surface area contributed by atoms with Crippen LogP contribution in [0.2, 0.25) is 0 Å². The van der Waals surface area contributed by atoms with Crippen molar-refractivity contribution in [1.29, 1.82) is 0 Å². The standard InChI is InChI=1S/C16H15N3OS/c1-12-8-9-18-19(12)14-6-4-13(5-7-14)16(20)17-11-15-3-2-10-21-15/h2-10H,11H2,1H3,(H,17,20). The molecule has 106 valence electrons. The molecule has 0 unspecified atom stereocenters. The second-order valence-corrected chi connectivity index (χ2v) is 5.73. The maximum atomic E-state index is 12.1. The SMILES string of the molecule is Cc1ccnn1-c1ccc(C(=O)NCc2cccs2)cc1. The van der Waals surface area contributed by atoms with Gasteiger partial charge in [-0.1, -0.05) is 6.07 Å². The van der Waals surface area contributed by atoms with Crippen molar-refractivity contribution in [2.24, 2.45) is 0 Å². The van der Waals surface area contributed by atoms with Crippen LogP contribution in [-0.4, -0.2) is 15.7 Å². The summed E-state index contributed by atoms with van der Waals surface area (Å²) in [7, 11) is 0. The van der Waals surface area contributed by atoms with Crippen LogP contribution in [0.1, 0.15) is 20.9 Å². The third-order valence-corrected chi connectivity index (χ3v) is 4.09. The first-order chi connectivity index (χ1) is 10.2. The van der Waals surface area contributed by atoms with Gasteiger partial charge in [-0.3, -0.25) is 4.79 Å². The Labute approximate surface area is 127 Å². The molecule has 0 aliphatic heterocycles. The van der Waals surface area contributed by atoms with Gasteiger partial charge < -0.3 is 5.32 Å². The molecule has 0 atom stereocenters. The maximum Gasteiger partial charge on any atom is 0.251 e. The lowest BCUT2D eigenvalue weighted by Crippen LogP contribution is -2.22. The van der Waals surface area contributed by atoms with Crippen LogP contribution in [-0.2, 0) is 6.54 Å². The quantitative estimate of drug-likeness (QED) is 0.804. The van der Waals surface area contributed by atoms with Gasteiger partial charge in [-0.2, -0.15) is 5.10 Å². The lowest BCUT2D eigenvalue weighted by Gasteiger charge is -2.07. The first-order valence-electron chi connectivity index (χ1n) is 6.66. The molecular weight excluding hydrogens is 282 g/mol. The van der Waals surface area contributed by atoms with Crippen LogP contribution >= 0.6 is 11.3 Å². The molecule has 4 nitrogen and oxygen atoms in total. The molecule has 0 radical (unpaired) electrons. The zero-order valence-electron chi connectivity index (χ0n) is 11.6. The molecule has 0 fully saturated rings. The Morgan fingerprint density at radius 1 is 1.24 bits per heavy atom. The van der Waals surface area contributed by atoms with Crippen molar-refractivity contribution in [3.8, 4) is 5.69 Å². The molecule has 1 amide bonds. The number of carbonyl (C=O) groups excluding carboxylic acids is 1. The number of aryl methyl sites for hydroxylation is 1. The summed E-state index contributed by atoms with van der Waals surface area (Å²) in [5.41, 5.74) is 2.66. The van der Waals surface area contributed by atoms with Crippen molar-refractivity contribution in [3.05, 3.63) is 70.2 Å². The first kappa shape index (κ1) is 13.6. The fraction of sp³-hybridized carbons (Fsp3) is 0.125. The molecule has 0 bridgehead atoms. The van der Waals surface area contributed by atoms with Gasteiger partial charge in [0.15, 0.2) is 0 Å². The fourth-order valence-electron chi connectivity index (χ4n) is 2.08. The summed E-state index contributed by atoms with van der Waals surface area (Å²) in [6.45, 7) is 2.56. The lowest BCUT2D eigenvalue weighted by atomic mass is 10.2. The molecule has 0 saturated carbocycles. The topological polar surface area (TPSA) is 46.9 Å². The lowest BCUT2D eigenvalue weighted by molar-refractivity contribution is 0.0951. The van der Waals surface area contributed by atoms with Crippen LogP contribution in [0.3, 0.4) is 0 Å².